The van der Waals surface area contributed by atoms with Crippen molar-refractivity contribution in [3.63, 3.8) is 0 Å². The smallest absolute Gasteiger partial charge is 0.344 e. The van der Waals surface area contributed by atoms with Crippen LogP contribution in [-0.4, -0.2) is 159 Å². The Bertz CT molecular complexity index is 2330. The molecule has 1 aliphatic carbocycles. The Morgan fingerprint density at radius 2 is 1.71 bits per heavy atom. The van der Waals surface area contributed by atoms with Crippen LogP contribution in [0.1, 0.15) is 68.3 Å². The first-order chi connectivity index (χ1) is 29.6. The van der Waals surface area contributed by atoms with Crippen molar-refractivity contribution in [2.45, 2.75) is 92.6 Å². The summed E-state index contributed by atoms with van der Waals surface area (Å²) in [6.45, 7) is 7.26. The number of likely N-dealkylation sites (N-methyl/N-ethyl adjacent to an activating group) is 2. The van der Waals surface area contributed by atoms with E-state index in [-0.39, 0.29) is 18.5 Å². The summed E-state index contributed by atoms with van der Waals surface area (Å²) < 4.78 is 24.3. The molecule has 1 aromatic heterocycles. The van der Waals surface area contributed by atoms with E-state index in [0.717, 1.165) is 33.4 Å². The van der Waals surface area contributed by atoms with Crippen LogP contribution in [0.2, 0.25) is 0 Å². The van der Waals surface area contributed by atoms with E-state index >= 15 is 4.79 Å². The number of aromatic nitrogens is 1. The van der Waals surface area contributed by atoms with Crippen molar-refractivity contribution in [1.29, 1.82) is 0 Å². The van der Waals surface area contributed by atoms with Gasteiger partial charge in [-0.3, -0.25) is 24.3 Å². The van der Waals surface area contributed by atoms with Crippen LogP contribution in [0.4, 0.5) is 5.69 Å². The number of rotatable bonds is 9. The van der Waals surface area contributed by atoms with E-state index in [1.807, 2.05) is 50.1 Å². The normalized spacial score (nSPS) is 35.9. The standard InChI is InChI=1S/C48H63N5O9/c1-9-44(57)24-29-25-47(42(55)60-7,38-31(16-20-52(26-29)28-44)30-14-11-12-15-34(30)49-38)33-22-32-35(23-36(33)59-6)51(5)40-46(32)18-21-53-19-13-17-45(10-2,39(46)53)41(48(40,58)43(56)61-8)62-37(54)27-50(3)4/h11-15,17,22-23,29,39-41,49,57-58H,9-10,16,18-21,24-28H2,1-8H3/t29-,39-,40+,41+,44-,45+,46+,47-,48-/m0/s1. The number of methoxy groups -OCH3 is 3. The largest absolute Gasteiger partial charge is 0.496 e. The van der Waals surface area contributed by atoms with Gasteiger partial charge in [0, 0.05) is 84.0 Å². The summed E-state index contributed by atoms with van der Waals surface area (Å²) >= 11 is 0. The molecule has 3 aromatic rings. The average Bonchev–Trinajstić information content (AvgIpc) is 3.92. The first-order valence-electron chi connectivity index (χ1n) is 22.3. The highest BCUT2D eigenvalue weighted by molar-refractivity contribution is 5.95. The molecule has 14 nitrogen and oxygen atoms in total. The molecule has 14 heteroatoms. The number of benzene rings is 2. The molecular formula is C48H63N5O9. The number of ether oxygens (including phenoxy) is 4. The molecule has 2 bridgehead atoms. The minimum absolute atomic E-state index is 0.0438. The maximum absolute atomic E-state index is 15.4. The number of nitrogens with zero attached hydrogens (tertiary/aromatic N) is 4. The molecule has 0 amide bonds. The van der Waals surface area contributed by atoms with Crippen molar-refractivity contribution < 1.29 is 43.5 Å². The lowest BCUT2D eigenvalue weighted by Gasteiger charge is -2.63. The summed E-state index contributed by atoms with van der Waals surface area (Å²) in [5.41, 5.74) is -1.74. The van der Waals surface area contributed by atoms with Gasteiger partial charge < -0.3 is 39.0 Å². The van der Waals surface area contributed by atoms with Crippen LogP contribution in [0.3, 0.4) is 0 Å². The van der Waals surface area contributed by atoms with E-state index in [4.69, 9.17) is 18.9 Å². The van der Waals surface area contributed by atoms with Gasteiger partial charge in [0.25, 0.3) is 0 Å². The molecule has 1 unspecified atom stereocenters. The maximum atomic E-state index is 15.4. The van der Waals surface area contributed by atoms with Crippen molar-refractivity contribution in [2.75, 3.05) is 86.6 Å². The van der Waals surface area contributed by atoms with Gasteiger partial charge in [0.1, 0.15) is 11.2 Å². The van der Waals surface area contributed by atoms with E-state index in [9.17, 15) is 19.8 Å². The first-order valence-corrected chi connectivity index (χ1v) is 22.3. The maximum Gasteiger partial charge on any atom is 0.344 e. The third-order valence-corrected chi connectivity index (χ3v) is 16.0. The van der Waals surface area contributed by atoms with Gasteiger partial charge in [-0.15, -0.1) is 0 Å². The number of H-pyrrole nitrogens is 1. The fourth-order valence-electron chi connectivity index (χ4n) is 13.8. The number of carbonyl (C=O) groups excluding carboxylic acids is 3. The molecule has 2 aromatic carbocycles. The molecule has 6 aliphatic rings. The van der Waals surface area contributed by atoms with Crippen molar-refractivity contribution in [2.24, 2.45) is 11.3 Å². The van der Waals surface area contributed by atoms with E-state index < -0.39 is 57.5 Å². The molecule has 9 rings (SSSR count). The van der Waals surface area contributed by atoms with Gasteiger partial charge in [0.15, 0.2) is 6.10 Å². The number of hydrogen-bond donors (Lipinski definition) is 3. The zero-order chi connectivity index (χ0) is 44.1. The van der Waals surface area contributed by atoms with Gasteiger partial charge in [-0.1, -0.05) is 44.2 Å². The number of carbonyl (C=O) groups is 3. The minimum Gasteiger partial charge on any atom is -0.496 e. The molecule has 6 heterocycles. The number of aromatic amines is 1. The second-order valence-corrected chi connectivity index (χ2v) is 19.3. The number of nitrogens with one attached hydrogen (secondary N) is 1. The third-order valence-electron chi connectivity index (χ3n) is 16.0. The number of anilines is 1. The molecule has 3 fully saturated rings. The molecule has 2 saturated heterocycles. The SMILES string of the molecule is CC[C@]1(O)C[C@@H]2CN(CCc3c([nH]c4ccccc34)[C@@](C(=O)OC)(c3cc4c(cc3OC)N(C)[C@H]3[C@@](O)(C(=O)OC)[C@H](OC(=O)CN(C)C)[C@]5(CC)C=CCN6CC[C@]43[C@@H]65)C2)C1. The van der Waals surface area contributed by atoms with E-state index in [1.54, 1.807) is 26.1 Å². The van der Waals surface area contributed by atoms with Crippen LogP contribution in [-0.2, 0) is 45.8 Å². The minimum atomic E-state index is -2.33. The fourth-order valence-corrected chi connectivity index (χ4v) is 13.8. The van der Waals surface area contributed by atoms with Crippen LogP contribution in [0.25, 0.3) is 10.9 Å². The molecule has 10 atom stereocenters. The van der Waals surface area contributed by atoms with Gasteiger partial charge in [-0.05, 0) is 88.3 Å². The Morgan fingerprint density at radius 1 is 0.952 bits per heavy atom. The Kier molecular flexibility index (Phi) is 10.4. The highest BCUT2D eigenvalue weighted by Gasteiger charge is 2.80. The Hall–Kier alpha value is -4.47. The topological polar surface area (TPSA) is 157 Å². The van der Waals surface area contributed by atoms with Gasteiger partial charge in [0.05, 0.1) is 39.5 Å². The van der Waals surface area contributed by atoms with Gasteiger partial charge in [0.2, 0.25) is 5.60 Å². The molecule has 5 aliphatic heterocycles. The van der Waals surface area contributed by atoms with Gasteiger partial charge in [-0.2, -0.15) is 0 Å². The number of fused-ring (bicyclic) bond motifs is 6. The first kappa shape index (κ1) is 42.8. The highest BCUT2D eigenvalue weighted by atomic mass is 16.6. The monoisotopic (exact) mass is 853 g/mol. The number of aliphatic hydroxyl groups is 2. The third kappa shape index (κ3) is 5.75. The Morgan fingerprint density at radius 3 is 2.40 bits per heavy atom. The van der Waals surface area contributed by atoms with Gasteiger partial charge >= 0.3 is 17.9 Å². The zero-order valence-corrected chi connectivity index (χ0v) is 37.5. The van der Waals surface area contributed by atoms with Gasteiger partial charge in [-0.25, -0.2) is 4.79 Å². The summed E-state index contributed by atoms with van der Waals surface area (Å²) in [5.74, 6) is -1.53. The second kappa shape index (κ2) is 15.1. The quantitative estimate of drug-likeness (QED) is 0.164. The molecule has 0 radical (unpaired) electrons. The number of hydrogen-bond acceptors (Lipinski definition) is 13. The van der Waals surface area contributed by atoms with Crippen molar-refractivity contribution in [3.8, 4) is 5.75 Å². The molecule has 334 valence electrons. The lowest BCUT2D eigenvalue weighted by Crippen LogP contribution is -2.81. The van der Waals surface area contributed by atoms with Crippen LogP contribution in [0.5, 0.6) is 5.75 Å². The lowest BCUT2D eigenvalue weighted by atomic mass is 9.47. The van der Waals surface area contributed by atoms with Crippen LogP contribution >= 0.6 is 0 Å². The molecule has 1 spiro atoms. The van der Waals surface area contributed by atoms with Crippen LogP contribution in [0, 0.1) is 11.3 Å². The molecular weight excluding hydrogens is 791 g/mol. The number of esters is 3. The summed E-state index contributed by atoms with van der Waals surface area (Å²) in [6, 6.07) is 10.9. The lowest BCUT2D eigenvalue weighted by molar-refractivity contribution is -0.229. The fraction of sp³-hybridized carbons (Fsp3) is 0.604. The average molecular weight is 854 g/mol. The Labute approximate surface area is 364 Å². The summed E-state index contributed by atoms with van der Waals surface area (Å²) in [7, 11) is 9.72. The molecule has 1 saturated carbocycles. The second-order valence-electron chi connectivity index (χ2n) is 19.3. The summed E-state index contributed by atoms with van der Waals surface area (Å²) in [4.78, 5) is 56.0. The highest BCUT2D eigenvalue weighted by Crippen LogP contribution is 2.68. The zero-order valence-electron chi connectivity index (χ0n) is 37.5. The molecule has 3 N–H and O–H groups in total. The number of piperidine rings is 1. The summed E-state index contributed by atoms with van der Waals surface area (Å²) in [6.07, 6.45) is 5.90. The van der Waals surface area contributed by atoms with Crippen molar-refractivity contribution in [1.82, 2.24) is 19.7 Å². The van der Waals surface area contributed by atoms with E-state index in [2.05, 4.69) is 39.1 Å². The van der Waals surface area contributed by atoms with E-state index in [0.29, 0.717) is 82.6 Å². The predicted molar refractivity (Wildman–Crippen MR) is 233 cm³/mol. The van der Waals surface area contributed by atoms with Crippen molar-refractivity contribution >= 4 is 34.5 Å². The summed E-state index contributed by atoms with van der Waals surface area (Å²) in [5, 5.41) is 26.6. The van der Waals surface area contributed by atoms with E-state index in [1.165, 1.54) is 14.2 Å². The van der Waals surface area contributed by atoms with Crippen molar-refractivity contribution in [3.05, 3.63) is 70.9 Å². The molecule has 62 heavy (non-hydrogen) atoms. The van der Waals surface area contributed by atoms with Crippen LogP contribution < -0.4 is 9.64 Å². The Balaban J connectivity index is 1.34. The predicted octanol–water partition coefficient (Wildman–Crippen LogP) is 3.53. The number of para-hydroxylation sites is 1. The van der Waals surface area contributed by atoms with Crippen LogP contribution in [0.15, 0.2) is 48.6 Å².